The van der Waals surface area contributed by atoms with E-state index in [1.807, 2.05) is 13.8 Å². The standard InChI is InChI=1S/C10H11ClN2O/c1-6(2)13-8-4-9(11)12-5-7(8)3-10(13)14/h4-6H,3H2,1-2H3. The first kappa shape index (κ1) is 9.46. The number of anilines is 1. The van der Waals surface area contributed by atoms with Crippen molar-refractivity contribution in [3.63, 3.8) is 0 Å². The van der Waals surface area contributed by atoms with Crippen LogP contribution in [-0.4, -0.2) is 16.9 Å². The summed E-state index contributed by atoms with van der Waals surface area (Å²) in [7, 11) is 0. The van der Waals surface area contributed by atoms with Crippen LogP contribution in [0.5, 0.6) is 0 Å². The maximum absolute atomic E-state index is 11.6. The highest BCUT2D eigenvalue weighted by atomic mass is 35.5. The summed E-state index contributed by atoms with van der Waals surface area (Å²) in [5, 5.41) is 0.434. The summed E-state index contributed by atoms with van der Waals surface area (Å²) in [5.74, 6) is 0.124. The molecule has 1 amide bonds. The molecule has 0 radical (unpaired) electrons. The van der Waals surface area contributed by atoms with Crippen molar-refractivity contribution in [2.45, 2.75) is 26.3 Å². The Hall–Kier alpha value is -1.09. The molecule has 1 aliphatic rings. The van der Waals surface area contributed by atoms with Crippen LogP contribution in [0.4, 0.5) is 5.69 Å². The van der Waals surface area contributed by atoms with Crippen molar-refractivity contribution in [1.82, 2.24) is 4.98 Å². The van der Waals surface area contributed by atoms with Gasteiger partial charge in [0.1, 0.15) is 5.15 Å². The van der Waals surface area contributed by atoms with Crippen molar-refractivity contribution >= 4 is 23.2 Å². The Labute approximate surface area is 87.7 Å². The molecule has 0 unspecified atom stereocenters. The molecule has 2 heterocycles. The monoisotopic (exact) mass is 210 g/mol. The van der Waals surface area contributed by atoms with Gasteiger partial charge in [-0.15, -0.1) is 0 Å². The molecule has 1 aromatic heterocycles. The van der Waals surface area contributed by atoms with Crippen LogP contribution in [0.15, 0.2) is 12.3 Å². The predicted octanol–water partition coefficient (Wildman–Crippen LogP) is 2.03. The molecule has 0 fully saturated rings. The first-order valence-corrected chi connectivity index (χ1v) is 4.94. The van der Waals surface area contributed by atoms with Gasteiger partial charge in [-0.2, -0.15) is 0 Å². The van der Waals surface area contributed by atoms with Crippen LogP contribution in [0.2, 0.25) is 5.15 Å². The summed E-state index contributed by atoms with van der Waals surface area (Å²) in [6.45, 7) is 3.97. The fourth-order valence-electron chi connectivity index (χ4n) is 1.76. The maximum atomic E-state index is 11.6. The average molecular weight is 211 g/mol. The molecule has 0 aromatic carbocycles. The van der Waals surface area contributed by atoms with Gasteiger partial charge in [-0.3, -0.25) is 4.79 Å². The van der Waals surface area contributed by atoms with E-state index in [1.54, 1.807) is 17.2 Å². The topological polar surface area (TPSA) is 33.2 Å². The number of halogens is 1. The van der Waals surface area contributed by atoms with Crippen molar-refractivity contribution in [3.05, 3.63) is 23.0 Å². The van der Waals surface area contributed by atoms with Crippen LogP contribution in [0.25, 0.3) is 0 Å². The maximum Gasteiger partial charge on any atom is 0.231 e. The number of hydrogen-bond donors (Lipinski definition) is 0. The Morgan fingerprint density at radius 2 is 2.29 bits per heavy atom. The number of nitrogens with zero attached hydrogens (tertiary/aromatic N) is 2. The summed E-state index contributed by atoms with van der Waals surface area (Å²) in [6, 6.07) is 1.92. The molecule has 2 rings (SSSR count). The molecule has 1 aliphatic heterocycles. The van der Waals surface area contributed by atoms with Gasteiger partial charge in [-0.1, -0.05) is 11.6 Å². The van der Waals surface area contributed by atoms with Crippen molar-refractivity contribution < 1.29 is 4.79 Å². The van der Waals surface area contributed by atoms with Crippen LogP contribution < -0.4 is 4.90 Å². The average Bonchev–Trinajstić information content (AvgIpc) is 2.40. The third-order valence-corrected chi connectivity index (χ3v) is 2.52. The van der Waals surface area contributed by atoms with Crippen LogP contribution in [-0.2, 0) is 11.2 Å². The number of rotatable bonds is 1. The van der Waals surface area contributed by atoms with Gasteiger partial charge < -0.3 is 4.90 Å². The molecule has 14 heavy (non-hydrogen) atoms. The van der Waals surface area contributed by atoms with Crippen molar-refractivity contribution in [1.29, 1.82) is 0 Å². The summed E-state index contributed by atoms with van der Waals surface area (Å²) in [6.07, 6.45) is 2.12. The normalized spacial score (nSPS) is 15.1. The zero-order valence-electron chi connectivity index (χ0n) is 8.12. The van der Waals surface area contributed by atoms with Gasteiger partial charge in [0, 0.05) is 17.8 Å². The van der Waals surface area contributed by atoms with Gasteiger partial charge in [-0.05, 0) is 19.9 Å². The van der Waals surface area contributed by atoms with Gasteiger partial charge in [0.05, 0.1) is 12.1 Å². The van der Waals surface area contributed by atoms with Gasteiger partial charge in [0.2, 0.25) is 5.91 Å². The molecule has 0 aliphatic carbocycles. The fourth-order valence-corrected chi connectivity index (χ4v) is 1.91. The first-order chi connectivity index (χ1) is 6.59. The molecule has 1 aromatic rings. The smallest absolute Gasteiger partial charge is 0.231 e. The highest BCUT2D eigenvalue weighted by Gasteiger charge is 2.29. The lowest BCUT2D eigenvalue weighted by atomic mass is 10.2. The second-order valence-corrected chi connectivity index (χ2v) is 4.06. The minimum Gasteiger partial charge on any atom is -0.309 e. The Kier molecular flexibility index (Phi) is 2.19. The van der Waals surface area contributed by atoms with Gasteiger partial charge in [-0.25, -0.2) is 4.98 Å². The number of hydrogen-bond acceptors (Lipinski definition) is 2. The van der Waals surface area contributed by atoms with E-state index in [1.165, 1.54) is 0 Å². The lowest BCUT2D eigenvalue weighted by Crippen LogP contribution is -2.33. The Balaban J connectivity index is 2.50. The third-order valence-electron chi connectivity index (χ3n) is 2.31. The number of fused-ring (bicyclic) bond motifs is 1. The second-order valence-electron chi connectivity index (χ2n) is 3.67. The summed E-state index contributed by atoms with van der Waals surface area (Å²) in [5.41, 5.74) is 1.87. The van der Waals surface area contributed by atoms with Crippen LogP contribution in [0, 0.1) is 0 Å². The lowest BCUT2D eigenvalue weighted by Gasteiger charge is -2.21. The van der Waals surface area contributed by atoms with Gasteiger partial charge >= 0.3 is 0 Å². The molecular weight excluding hydrogens is 200 g/mol. The zero-order chi connectivity index (χ0) is 10.3. The van der Waals surface area contributed by atoms with E-state index < -0.39 is 0 Å². The Bertz CT molecular complexity index is 390. The number of pyridine rings is 1. The summed E-state index contributed by atoms with van der Waals surface area (Å²) >= 11 is 5.79. The van der Waals surface area contributed by atoms with E-state index in [2.05, 4.69) is 4.98 Å². The molecule has 0 saturated carbocycles. The Morgan fingerprint density at radius 3 is 2.93 bits per heavy atom. The fraction of sp³-hybridized carbons (Fsp3) is 0.400. The molecule has 0 spiro atoms. The van der Waals surface area contributed by atoms with E-state index in [0.717, 1.165) is 11.3 Å². The van der Waals surface area contributed by atoms with Gasteiger partial charge in [0.25, 0.3) is 0 Å². The predicted molar refractivity (Wildman–Crippen MR) is 55.6 cm³/mol. The van der Waals surface area contributed by atoms with Gasteiger partial charge in [0.15, 0.2) is 0 Å². The quantitative estimate of drug-likeness (QED) is 0.665. The van der Waals surface area contributed by atoms with E-state index in [-0.39, 0.29) is 11.9 Å². The molecular formula is C10H11ClN2O. The molecule has 0 saturated heterocycles. The Morgan fingerprint density at radius 1 is 1.57 bits per heavy atom. The van der Waals surface area contributed by atoms with Crippen molar-refractivity contribution in [3.8, 4) is 0 Å². The first-order valence-electron chi connectivity index (χ1n) is 4.56. The molecule has 3 nitrogen and oxygen atoms in total. The largest absolute Gasteiger partial charge is 0.309 e. The molecule has 74 valence electrons. The minimum atomic E-state index is 0.124. The SMILES string of the molecule is CC(C)N1C(=O)Cc2cnc(Cl)cc21. The van der Waals surface area contributed by atoms with Crippen LogP contribution in [0.3, 0.4) is 0 Å². The zero-order valence-corrected chi connectivity index (χ0v) is 8.88. The summed E-state index contributed by atoms with van der Waals surface area (Å²) < 4.78 is 0. The highest BCUT2D eigenvalue weighted by molar-refractivity contribution is 6.29. The number of carbonyl (C=O) groups excluding carboxylic acids is 1. The van der Waals surface area contributed by atoms with Crippen LogP contribution >= 0.6 is 11.6 Å². The van der Waals surface area contributed by atoms with Crippen molar-refractivity contribution in [2.24, 2.45) is 0 Å². The molecule has 4 heteroatoms. The highest BCUT2D eigenvalue weighted by Crippen LogP contribution is 2.31. The number of carbonyl (C=O) groups is 1. The van der Waals surface area contributed by atoms with E-state index >= 15 is 0 Å². The number of amides is 1. The molecule has 0 atom stereocenters. The second kappa shape index (κ2) is 3.24. The van der Waals surface area contributed by atoms with E-state index in [0.29, 0.717) is 11.6 Å². The third kappa shape index (κ3) is 1.38. The van der Waals surface area contributed by atoms with E-state index in [9.17, 15) is 4.79 Å². The van der Waals surface area contributed by atoms with Crippen molar-refractivity contribution in [2.75, 3.05) is 4.90 Å². The van der Waals surface area contributed by atoms with E-state index in [4.69, 9.17) is 11.6 Å². The van der Waals surface area contributed by atoms with Crippen LogP contribution in [0.1, 0.15) is 19.4 Å². The lowest BCUT2D eigenvalue weighted by molar-refractivity contribution is -0.117. The molecule has 0 N–H and O–H groups in total. The minimum absolute atomic E-state index is 0.124. The molecule has 0 bridgehead atoms. The summed E-state index contributed by atoms with van der Waals surface area (Å²) in [4.78, 5) is 17.4. The number of aromatic nitrogens is 1.